The van der Waals surface area contributed by atoms with Gasteiger partial charge in [0.1, 0.15) is 11.6 Å². The molecule has 0 aliphatic heterocycles. The molecule has 9 heteroatoms. The van der Waals surface area contributed by atoms with E-state index in [9.17, 15) is 0 Å². The summed E-state index contributed by atoms with van der Waals surface area (Å²) in [6, 6.07) is 7.26. The van der Waals surface area contributed by atoms with Crippen LogP contribution in [0.5, 0.6) is 0 Å². The third kappa shape index (κ3) is 8.81. The van der Waals surface area contributed by atoms with Gasteiger partial charge in [0.05, 0.1) is 43.4 Å². The van der Waals surface area contributed by atoms with Crippen molar-refractivity contribution >= 4 is 38.6 Å². The molecule has 0 aliphatic rings. The van der Waals surface area contributed by atoms with Gasteiger partial charge in [0.25, 0.3) is 0 Å². The van der Waals surface area contributed by atoms with Crippen molar-refractivity contribution in [3.8, 4) is 0 Å². The Hall–Kier alpha value is -1.52. The van der Waals surface area contributed by atoms with Gasteiger partial charge in [0.15, 0.2) is 0 Å². The Kier molecular flexibility index (Phi) is 11.4. The molecule has 0 radical (unpaired) electrons. The van der Waals surface area contributed by atoms with Gasteiger partial charge in [-0.3, -0.25) is 0 Å². The summed E-state index contributed by atoms with van der Waals surface area (Å²) < 4.78 is 11.4. The van der Waals surface area contributed by atoms with Crippen LogP contribution in [0.2, 0.25) is 0 Å². The molecule has 2 aromatic rings. The molecule has 0 fully saturated rings. The van der Waals surface area contributed by atoms with Gasteiger partial charge in [-0.25, -0.2) is 9.97 Å². The number of hydrogen-bond acceptors (Lipinski definition) is 7. The summed E-state index contributed by atoms with van der Waals surface area (Å²) in [6.45, 7) is 6.93. The monoisotopic (exact) mass is 413 g/mol. The molecule has 6 N–H and O–H groups in total. The molecule has 2 atom stereocenters. The van der Waals surface area contributed by atoms with E-state index in [1.54, 1.807) is 0 Å². The maximum atomic E-state index is 6.12. The van der Waals surface area contributed by atoms with Crippen molar-refractivity contribution in [1.29, 1.82) is 0 Å². The molecule has 0 saturated heterocycles. The number of nitrogen functional groups attached to an aromatic ring is 2. The number of nitrogens with zero attached hydrogens (tertiary/aromatic N) is 2. The Bertz CT molecular complexity index is 678. The van der Waals surface area contributed by atoms with Crippen LogP contribution in [0.3, 0.4) is 0 Å². The predicted molar refractivity (Wildman–Crippen MR) is 119 cm³/mol. The number of nitrogens with two attached hydrogens (primary N) is 3. The van der Waals surface area contributed by atoms with E-state index in [1.807, 2.05) is 45.0 Å². The Morgan fingerprint density at radius 2 is 1.37 bits per heavy atom. The lowest BCUT2D eigenvalue weighted by Crippen LogP contribution is -2.38. The van der Waals surface area contributed by atoms with E-state index >= 15 is 0 Å². The van der Waals surface area contributed by atoms with E-state index in [4.69, 9.17) is 26.7 Å². The highest BCUT2D eigenvalue weighted by molar-refractivity contribution is 7.59. The van der Waals surface area contributed by atoms with E-state index in [0.29, 0.717) is 31.5 Å². The van der Waals surface area contributed by atoms with Gasteiger partial charge in [-0.15, -0.1) is 0 Å². The Morgan fingerprint density at radius 1 is 0.889 bits per heavy atom. The Labute approximate surface area is 174 Å². The highest BCUT2D eigenvalue weighted by atomic mass is 32.1. The average Bonchev–Trinajstić information content (AvgIpc) is 2.50. The predicted octanol–water partition coefficient (Wildman–Crippen LogP) is 1.93. The van der Waals surface area contributed by atoms with Crippen molar-refractivity contribution in [1.82, 2.24) is 9.97 Å². The van der Waals surface area contributed by atoms with Crippen molar-refractivity contribution in [3.05, 3.63) is 46.8 Å². The summed E-state index contributed by atoms with van der Waals surface area (Å²) in [5.41, 5.74) is 21.3. The molecule has 0 unspecified atom stereocenters. The van der Waals surface area contributed by atoms with Crippen molar-refractivity contribution in [2.45, 2.75) is 46.1 Å². The summed E-state index contributed by atoms with van der Waals surface area (Å²) >= 11 is 0. The molecule has 0 spiro atoms. The number of anilines is 2. The SMILES string of the molecule is Cc1cc(N)nc(COC[C@@H](N)[C@H](C)OCc2cc(C)cc(N)n2)c1.S.S. The molecular formula is C18H31N5O2S2. The standard InChI is InChI=1S/C18H27N5O2.2H2S/c1-11-4-14(22-17(20)6-11)8-24-10-16(19)13(3)25-9-15-5-12(2)7-18(21)23-15;;/h4-7,13,16H,8-10,19H2,1-3H3,(H2,20,22)(H2,21,23);2*1H2/t13-,16+;;/m0../s1. The van der Waals surface area contributed by atoms with Crippen molar-refractivity contribution in [2.75, 3.05) is 18.1 Å². The highest BCUT2D eigenvalue weighted by Gasteiger charge is 2.14. The number of aromatic nitrogens is 2. The maximum absolute atomic E-state index is 6.12. The summed E-state index contributed by atoms with van der Waals surface area (Å²) in [4.78, 5) is 8.47. The highest BCUT2D eigenvalue weighted by Crippen LogP contribution is 2.10. The molecule has 0 aromatic carbocycles. The normalized spacial score (nSPS) is 12.6. The first-order valence-corrected chi connectivity index (χ1v) is 8.24. The first-order valence-electron chi connectivity index (χ1n) is 8.24. The summed E-state index contributed by atoms with van der Waals surface area (Å²) in [5.74, 6) is 0.980. The van der Waals surface area contributed by atoms with E-state index in [2.05, 4.69) is 9.97 Å². The van der Waals surface area contributed by atoms with Gasteiger partial charge < -0.3 is 26.7 Å². The second-order valence-electron chi connectivity index (χ2n) is 6.32. The zero-order valence-corrected chi connectivity index (χ0v) is 18.0. The number of ether oxygens (including phenoxy) is 2. The molecular weight excluding hydrogens is 382 g/mol. The fraction of sp³-hybridized carbons (Fsp3) is 0.444. The molecule has 2 rings (SSSR count). The van der Waals surface area contributed by atoms with Gasteiger partial charge >= 0.3 is 0 Å². The summed E-state index contributed by atoms with van der Waals surface area (Å²) in [5, 5.41) is 0. The van der Waals surface area contributed by atoms with Crippen LogP contribution < -0.4 is 17.2 Å². The van der Waals surface area contributed by atoms with Crippen molar-refractivity contribution in [2.24, 2.45) is 5.73 Å². The van der Waals surface area contributed by atoms with E-state index in [0.717, 1.165) is 22.5 Å². The zero-order chi connectivity index (χ0) is 18.4. The minimum absolute atomic E-state index is 0. The third-order valence-electron chi connectivity index (χ3n) is 3.74. The van der Waals surface area contributed by atoms with Crippen molar-refractivity contribution < 1.29 is 9.47 Å². The van der Waals surface area contributed by atoms with Gasteiger partial charge in [-0.2, -0.15) is 27.0 Å². The fourth-order valence-corrected chi connectivity index (χ4v) is 2.46. The van der Waals surface area contributed by atoms with Gasteiger partial charge in [-0.05, 0) is 56.2 Å². The van der Waals surface area contributed by atoms with Gasteiger partial charge in [0, 0.05) is 0 Å². The average molecular weight is 414 g/mol. The smallest absolute Gasteiger partial charge is 0.123 e. The zero-order valence-electron chi connectivity index (χ0n) is 16.0. The molecule has 27 heavy (non-hydrogen) atoms. The van der Waals surface area contributed by atoms with Gasteiger partial charge in [-0.1, -0.05) is 0 Å². The summed E-state index contributed by atoms with van der Waals surface area (Å²) in [6.07, 6.45) is -0.181. The maximum Gasteiger partial charge on any atom is 0.123 e. The quantitative estimate of drug-likeness (QED) is 0.604. The topological polar surface area (TPSA) is 122 Å². The van der Waals surface area contributed by atoms with Crippen LogP contribution in [-0.4, -0.2) is 28.7 Å². The molecule has 152 valence electrons. The van der Waals surface area contributed by atoms with Crippen LogP contribution >= 0.6 is 27.0 Å². The molecule has 0 bridgehead atoms. The number of hydrogen-bond donors (Lipinski definition) is 3. The second-order valence-corrected chi connectivity index (χ2v) is 6.32. The van der Waals surface area contributed by atoms with Crippen LogP contribution in [0.15, 0.2) is 24.3 Å². The molecule has 7 nitrogen and oxygen atoms in total. The lowest BCUT2D eigenvalue weighted by atomic mass is 10.2. The van der Waals surface area contributed by atoms with Crippen molar-refractivity contribution in [3.63, 3.8) is 0 Å². The summed E-state index contributed by atoms with van der Waals surface area (Å²) in [7, 11) is 0. The first kappa shape index (κ1) is 25.5. The minimum Gasteiger partial charge on any atom is -0.384 e. The third-order valence-corrected chi connectivity index (χ3v) is 3.74. The molecule has 2 aromatic heterocycles. The number of pyridine rings is 2. The van der Waals surface area contributed by atoms with E-state index in [-0.39, 0.29) is 39.1 Å². The number of rotatable bonds is 8. The molecule has 2 heterocycles. The van der Waals surface area contributed by atoms with Crippen LogP contribution in [-0.2, 0) is 22.7 Å². The second kappa shape index (κ2) is 12.0. The van der Waals surface area contributed by atoms with Crippen LogP contribution in [0.1, 0.15) is 29.4 Å². The molecule has 0 saturated carbocycles. The lowest BCUT2D eigenvalue weighted by Gasteiger charge is -2.20. The van der Waals surface area contributed by atoms with E-state index in [1.165, 1.54) is 0 Å². The van der Waals surface area contributed by atoms with Gasteiger partial charge in [0.2, 0.25) is 0 Å². The molecule has 0 amide bonds. The molecule has 0 aliphatic carbocycles. The Balaban J connectivity index is 0.00000338. The van der Waals surface area contributed by atoms with E-state index < -0.39 is 0 Å². The lowest BCUT2D eigenvalue weighted by molar-refractivity contribution is 0.00240. The Morgan fingerprint density at radius 3 is 1.85 bits per heavy atom. The first-order chi connectivity index (χ1) is 11.8. The fourth-order valence-electron chi connectivity index (χ4n) is 2.46. The minimum atomic E-state index is -0.260. The largest absolute Gasteiger partial charge is 0.384 e. The number of aryl methyl sites for hydroxylation is 2. The van der Waals surface area contributed by atoms with Crippen LogP contribution in [0, 0.1) is 13.8 Å². The van der Waals surface area contributed by atoms with Crippen LogP contribution in [0.25, 0.3) is 0 Å². The van der Waals surface area contributed by atoms with Crippen LogP contribution in [0.4, 0.5) is 11.6 Å².